The lowest BCUT2D eigenvalue weighted by atomic mass is 10.1. The molecule has 2 aromatic heterocycles. The van der Waals surface area contributed by atoms with Gasteiger partial charge in [0.25, 0.3) is 5.91 Å². The fourth-order valence-electron chi connectivity index (χ4n) is 2.74. The summed E-state index contributed by atoms with van der Waals surface area (Å²) in [5.41, 5.74) is 1.87. The maximum atomic E-state index is 12.1. The quantitative estimate of drug-likeness (QED) is 0.450. The van der Waals surface area contributed by atoms with E-state index in [2.05, 4.69) is 31.0 Å². The van der Waals surface area contributed by atoms with Crippen LogP contribution in [-0.2, 0) is 32.8 Å². The largest absolute Gasteiger partial charge is 0.389 e. The number of rotatable bonds is 7. The molecule has 0 atom stereocenters. The molecular weight excluding hydrogens is 390 g/mol. The molecule has 30 heavy (non-hydrogen) atoms. The van der Waals surface area contributed by atoms with Crippen molar-refractivity contribution in [1.29, 1.82) is 0 Å². The van der Waals surface area contributed by atoms with Gasteiger partial charge in [-0.1, -0.05) is 41.6 Å². The molecule has 0 unspecified atom stereocenters. The molecule has 1 saturated heterocycles. The first-order valence-corrected chi connectivity index (χ1v) is 9.19. The Hall–Kier alpha value is -3.70. The Bertz CT molecular complexity index is 1030. The maximum Gasteiger partial charge on any atom is 0.282 e. The van der Waals surface area contributed by atoms with Gasteiger partial charge < -0.3 is 19.6 Å². The second-order valence-corrected chi connectivity index (χ2v) is 6.28. The summed E-state index contributed by atoms with van der Waals surface area (Å²) in [6.45, 7) is 0.867. The van der Waals surface area contributed by atoms with Crippen molar-refractivity contribution in [2.45, 2.75) is 12.9 Å². The number of benzene rings is 1. The number of aromatic nitrogens is 5. The highest BCUT2D eigenvalue weighted by Gasteiger charge is 2.24. The lowest BCUT2D eigenvalue weighted by Gasteiger charge is -2.10. The van der Waals surface area contributed by atoms with Crippen LogP contribution in [0.4, 0.5) is 5.82 Å². The zero-order valence-corrected chi connectivity index (χ0v) is 16.1. The van der Waals surface area contributed by atoms with Crippen molar-refractivity contribution < 1.29 is 19.1 Å². The zero-order valence-electron chi connectivity index (χ0n) is 16.1. The number of ether oxygens (including phenoxy) is 2. The Morgan fingerprint density at radius 3 is 2.73 bits per heavy atom. The number of anilines is 1. The summed E-state index contributed by atoms with van der Waals surface area (Å²) in [6, 6.07) is 14.6. The van der Waals surface area contributed by atoms with E-state index in [1.54, 1.807) is 25.2 Å². The predicted octanol–water partition coefficient (Wildman–Crippen LogP) is 0.886. The Kier molecular flexibility index (Phi) is 6.01. The van der Waals surface area contributed by atoms with Gasteiger partial charge in [0.15, 0.2) is 12.3 Å². The summed E-state index contributed by atoms with van der Waals surface area (Å²) < 4.78 is 11.9. The first-order chi connectivity index (χ1) is 14.7. The molecular formula is C19H19N7O4. The van der Waals surface area contributed by atoms with Gasteiger partial charge in [0.05, 0.1) is 18.9 Å². The van der Waals surface area contributed by atoms with Crippen molar-refractivity contribution in [1.82, 2.24) is 25.2 Å². The second kappa shape index (κ2) is 9.20. The van der Waals surface area contributed by atoms with Gasteiger partial charge in [-0.05, 0) is 22.6 Å². The van der Waals surface area contributed by atoms with Crippen LogP contribution in [0.15, 0.2) is 53.7 Å². The molecule has 11 heteroatoms. The Balaban J connectivity index is 1.45. The van der Waals surface area contributed by atoms with E-state index in [0.717, 1.165) is 5.56 Å². The van der Waals surface area contributed by atoms with Crippen LogP contribution in [0.1, 0.15) is 17.1 Å². The number of oxime groups is 1. The minimum absolute atomic E-state index is 0.0851. The first kappa shape index (κ1) is 19.6. The van der Waals surface area contributed by atoms with E-state index in [0.29, 0.717) is 36.3 Å². The average Bonchev–Trinajstić information content (AvgIpc) is 3.44. The van der Waals surface area contributed by atoms with E-state index < -0.39 is 12.2 Å². The normalized spacial score (nSPS) is 14.6. The Labute approximate surface area is 171 Å². The molecule has 1 N–H and O–H groups in total. The number of nitrogens with zero attached hydrogens (tertiary/aromatic N) is 6. The molecule has 1 aromatic carbocycles. The highest BCUT2D eigenvalue weighted by atomic mass is 16.7. The molecule has 1 aliphatic rings. The highest BCUT2D eigenvalue weighted by Crippen LogP contribution is 2.12. The minimum Gasteiger partial charge on any atom is -0.389 e. The summed E-state index contributed by atoms with van der Waals surface area (Å²) in [5, 5.41) is 18.4. The van der Waals surface area contributed by atoms with Crippen LogP contribution < -0.4 is 5.32 Å². The number of carbonyl (C=O) groups excluding carboxylic acids is 1. The molecule has 0 radical (unpaired) electrons. The van der Waals surface area contributed by atoms with Crippen molar-refractivity contribution in [3.8, 4) is 0 Å². The average molecular weight is 409 g/mol. The van der Waals surface area contributed by atoms with Crippen molar-refractivity contribution in [2.24, 2.45) is 12.2 Å². The minimum atomic E-state index is -0.912. The third-order valence-electron chi connectivity index (χ3n) is 4.14. The molecule has 3 aromatic rings. The van der Waals surface area contributed by atoms with Gasteiger partial charge in [0.1, 0.15) is 5.82 Å². The predicted molar refractivity (Wildman–Crippen MR) is 104 cm³/mol. The summed E-state index contributed by atoms with van der Waals surface area (Å²) in [7, 11) is 1.72. The molecule has 4 rings (SSSR count). The van der Waals surface area contributed by atoms with Crippen molar-refractivity contribution in [3.63, 3.8) is 0 Å². The number of nitrogens with one attached hydrogen (secondary N) is 1. The lowest BCUT2D eigenvalue weighted by Crippen LogP contribution is -2.28. The smallest absolute Gasteiger partial charge is 0.282 e. The summed E-state index contributed by atoms with van der Waals surface area (Å²) in [5.74, 6) is 0.425. The van der Waals surface area contributed by atoms with Gasteiger partial charge in [-0.15, -0.1) is 5.10 Å². The zero-order chi connectivity index (χ0) is 20.8. The molecule has 0 aliphatic carbocycles. The molecule has 0 spiro atoms. The van der Waals surface area contributed by atoms with Crippen LogP contribution in [0.2, 0.25) is 0 Å². The van der Waals surface area contributed by atoms with Gasteiger partial charge in [0, 0.05) is 12.6 Å². The molecule has 1 amide bonds. The summed E-state index contributed by atoms with van der Waals surface area (Å²) >= 11 is 0. The molecule has 154 valence electrons. The number of aryl methyl sites for hydroxylation is 1. The highest BCUT2D eigenvalue weighted by molar-refractivity contribution is 6.10. The second-order valence-electron chi connectivity index (χ2n) is 6.28. The number of carbonyl (C=O) groups is 1. The topological polar surface area (TPSA) is 126 Å². The number of amides is 1. The van der Waals surface area contributed by atoms with Crippen molar-refractivity contribution in [2.75, 3.05) is 18.5 Å². The van der Waals surface area contributed by atoms with Gasteiger partial charge >= 0.3 is 0 Å². The monoisotopic (exact) mass is 409 g/mol. The standard InChI is InChI=1S/C19H19N7O4/c1-26-17(22-24-25-26)16(13-6-3-2-4-7-13)23-30-12-14-8-5-9-15(20-14)21-18(27)19-28-10-11-29-19/h2-9,19H,10-12H2,1H3,(H,20,21,27)/b23-16-. The number of pyridine rings is 1. The molecule has 1 aliphatic heterocycles. The number of hydrogen-bond acceptors (Lipinski definition) is 9. The number of tetrazole rings is 1. The summed E-state index contributed by atoms with van der Waals surface area (Å²) in [6.07, 6.45) is -0.912. The molecule has 1 fully saturated rings. The third-order valence-corrected chi connectivity index (χ3v) is 4.14. The fraction of sp³-hybridized carbons (Fsp3) is 0.263. The van der Waals surface area contributed by atoms with E-state index in [-0.39, 0.29) is 6.61 Å². The van der Waals surface area contributed by atoms with Crippen LogP contribution in [0.25, 0.3) is 0 Å². The molecule has 0 bridgehead atoms. The van der Waals surface area contributed by atoms with Crippen LogP contribution in [0.3, 0.4) is 0 Å². The van der Waals surface area contributed by atoms with Crippen LogP contribution >= 0.6 is 0 Å². The molecule has 3 heterocycles. The van der Waals surface area contributed by atoms with Gasteiger partial charge in [-0.3, -0.25) is 4.79 Å². The molecule has 11 nitrogen and oxygen atoms in total. The van der Waals surface area contributed by atoms with Crippen LogP contribution in [0.5, 0.6) is 0 Å². The van der Waals surface area contributed by atoms with E-state index in [9.17, 15) is 4.79 Å². The van der Waals surface area contributed by atoms with Gasteiger partial charge in [0.2, 0.25) is 12.1 Å². The van der Waals surface area contributed by atoms with E-state index in [1.807, 2.05) is 30.3 Å². The van der Waals surface area contributed by atoms with Crippen LogP contribution in [-0.4, -0.2) is 56.3 Å². The van der Waals surface area contributed by atoms with E-state index in [1.165, 1.54) is 4.68 Å². The van der Waals surface area contributed by atoms with E-state index in [4.69, 9.17) is 14.3 Å². The lowest BCUT2D eigenvalue weighted by molar-refractivity contribution is -0.140. The Morgan fingerprint density at radius 1 is 1.20 bits per heavy atom. The first-order valence-electron chi connectivity index (χ1n) is 9.19. The van der Waals surface area contributed by atoms with Gasteiger partial charge in [-0.25, -0.2) is 9.67 Å². The maximum absolute atomic E-state index is 12.1. The third kappa shape index (κ3) is 4.64. The number of hydrogen-bond donors (Lipinski definition) is 1. The van der Waals surface area contributed by atoms with Crippen molar-refractivity contribution >= 4 is 17.4 Å². The van der Waals surface area contributed by atoms with E-state index >= 15 is 0 Å². The van der Waals surface area contributed by atoms with Crippen molar-refractivity contribution in [3.05, 3.63) is 65.6 Å². The Morgan fingerprint density at radius 2 is 2.00 bits per heavy atom. The SMILES string of the molecule is Cn1nnnc1/C(=N\OCc1cccc(NC(=O)C2OCCO2)n1)c1ccccc1. The molecule has 0 saturated carbocycles. The van der Waals surface area contributed by atoms with Crippen LogP contribution in [0, 0.1) is 0 Å². The summed E-state index contributed by atoms with van der Waals surface area (Å²) in [4.78, 5) is 22.0. The fourth-order valence-corrected chi connectivity index (χ4v) is 2.74. The van der Waals surface area contributed by atoms with Gasteiger partial charge in [-0.2, -0.15) is 0 Å².